The Labute approximate surface area is 118 Å². The molecular weight excluding hydrogens is 256 g/mol. The van der Waals surface area contributed by atoms with E-state index in [4.69, 9.17) is 19.9 Å². The van der Waals surface area contributed by atoms with Gasteiger partial charge in [0, 0.05) is 6.20 Å². The molecule has 0 saturated heterocycles. The predicted octanol–water partition coefficient (Wildman–Crippen LogP) is 2.16. The molecule has 0 aliphatic carbocycles. The summed E-state index contributed by atoms with van der Waals surface area (Å²) < 4.78 is 15.8. The number of benzene rings is 1. The number of nitrogens with zero attached hydrogens (tertiary/aromatic N) is 1. The first-order valence-electron chi connectivity index (χ1n) is 6.17. The van der Waals surface area contributed by atoms with Gasteiger partial charge in [-0.3, -0.25) is 4.98 Å². The Bertz CT molecular complexity index is 587. The van der Waals surface area contributed by atoms with Crippen LogP contribution in [0.3, 0.4) is 0 Å². The van der Waals surface area contributed by atoms with E-state index >= 15 is 0 Å². The van der Waals surface area contributed by atoms with Crippen LogP contribution in [0, 0.1) is 0 Å². The SMILES string of the molecule is COc1ccc(C(N)c2ncccc2OC)cc1OC. The standard InChI is InChI=1S/C15H18N2O3/c1-18-11-7-6-10(9-13(11)20-3)14(16)15-12(19-2)5-4-8-17-15/h4-9,14H,16H2,1-3H3. The second-order valence-corrected chi connectivity index (χ2v) is 4.18. The van der Waals surface area contributed by atoms with Crippen molar-refractivity contribution in [1.82, 2.24) is 4.98 Å². The van der Waals surface area contributed by atoms with E-state index in [9.17, 15) is 0 Å². The van der Waals surface area contributed by atoms with Crippen LogP contribution in [0.15, 0.2) is 36.5 Å². The smallest absolute Gasteiger partial charge is 0.161 e. The first kappa shape index (κ1) is 14.1. The summed E-state index contributed by atoms with van der Waals surface area (Å²) >= 11 is 0. The van der Waals surface area contributed by atoms with Gasteiger partial charge in [-0.25, -0.2) is 0 Å². The van der Waals surface area contributed by atoms with Crippen LogP contribution in [-0.4, -0.2) is 26.3 Å². The lowest BCUT2D eigenvalue weighted by molar-refractivity contribution is 0.354. The van der Waals surface area contributed by atoms with E-state index in [2.05, 4.69) is 4.98 Å². The Kier molecular flexibility index (Phi) is 4.42. The van der Waals surface area contributed by atoms with Gasteiger partial charge in [0.25, 0.3) is 0 Å². The quantitative estimate of drug-likeness (QED) is 0.905. The molecule has 5 heteroatoms. The Hall–Kier alpha value is -2.27. The molecule has 0 fully saturated rings. The Morgan fingerprint density at radius 3 is 2.30 bits per heavy atom. The Morgan fingerprint density at radius 2 is 1.65 bits per heavy atom. The summed E-state index contributed by atoms with van der Waals surface area (Å²) in [7, 11) is 4.79. The molecule has 1 aromatic carbocycles. The summed E-state index contributed by atoms with van der Waals surface area (Å²) in [6.45, 7) is 0. The molecule has 20 heavy (non-hydrogen) atoms. The highest BCUT2D eigenvalue weighted by atomic mass is 16.5. The third kappa shape index (κ3) is 2.67. The first-order chi connectivity index (χ1) is 9.71. The van der Waals surface area contributed by atoms with Crippen LogP contribution >= 0.6 is 0 Å². The molecule has 5 nitrogen and oxygen atoms in total. The summed E-state index contributed by atoms with van der Waals surface area (Å²) in [5.74, 6) is 1.96. The second-order valence-electron chi connectivity index (χ2n) is 4.18. The monoisotopic (exact) mass is 274 g/mol. The molecule has 0 saturated carbocycles. The van der Waals surface area contributed by atoms with E-state index in [0.717, 1.165) is 5.56 Å². The molecule has 1 aromatic heterocycles. The number of hydrogen-bond donors (Lipinski definition) is 1. The number of nitrogens with two attached hydrogens (primary N) is 1. The lowest BCUT2D eigenvalue weighted by Crippen LogP contribution is -2.15. The van der Waals surface area contributed by atoms with Crippen molar-refractivity contribution in [2.45, 2.75) is 6.04 Å². The van der Waals surface area contributed by atoms with E-state index in [-0.39, 0.29) is 0 Å². The summed E-state index contributed by atoms with van der Waals surface area (Å²) in [5.41, 5.74) is 7.83. The first-order valence-corrected chi connectivity index (χ1v) is 6.17. The van der Waals surface area contributed by atoms with Gasteiger partial charge in [-0.2, -0.15) is 0 Å². The minimum Gasteiger partial charge on any atom is -0.495 e. The number of methoxy groups -OCH3 is 3. The fraction of sp³-hybridized carbons (Fsp3) is 0.267. The normalized spacial score (nSPS) is 11.8. The maximum absolute atomic E-state index is 6.27. The molecule has 2 aromatic rings. The molecule has 0 spiro atoms. The number of hydrogen-bond acceptors (Lipinski definition) is 5. The summed E-state index contributed by atoms with van der Waals surface area (Å²) in [4.78, 5) is 4.30. The van der Waals surface area contributed by atoms with Crippen molar-refractivity contribution in [3.05, 3.63) is 47.8 Å². The molecule has 2 N–H and O–H groups in total. The van der Waals surface area contributed by atoms with Crippen molar-refractivity contribution >= 4 is 0 Å². The molecular formula is C15H18N2O3. The molecule has 0 bridgehead atoms. The Balaban J connectivity index is 2.40. The highest BCUT2D eigenvalue weighted by Gasteiger charge is 2.17. The van der Waals surface area contributed by atoms with Gasteiger partial charge >= 0.3 is 0 Å². The summed E-state index contributed by atoms with van der Waals surface area (Å²) in [5, 5.41) is 0. The topological polar surface area (TPSA) is 66.6 Å². The molecule has 1 unspecified atom stereocenters. The van der Waals surface area contributed by atoms with Crippen LogP contribution in [0.4, 0.5) is 0 Å². The molecule has 2 rings (SSSR count). The average molecular weight is 274 g/mol. The predicted molar refractivity (Wildman–Crippen MR) is 76.4 cm³/mol. The fourth-order valence-electron chi connectivity index (χ4n) is 2.01. The van der Waals surface area contributed by atoms with E-state index in [0.29, 0.717) is 22.9 Å². The van der Waals surface area contributed by atoms with Crippen molar-refractivity contribution < 1.29 is 14.2 Å². The lowest BCUT2D eigenvalue weighted by Gasteiger charge is -2.16. The van der Waals surface area contributed by atoms with E-state index in [1.54, 1.807) is 27.5 Å². The summed E-state index contributed by atoms with van der Waals surface area (Å²) in [6.07, 6.45) is 1.69. The molecule has 1 heterocycles. The molecule has 106 valence electrons. The van der Waals surface area contributed by atoms with Crippen molar-refractivity contribution in [3.8, 4) is 17.2 Å². The zero-order chi connectivity index (χ0) is 14.5. The zero-order valence-electron chi connectivity index (χ0n) is 11.8. The van der Waals surface area contributed by atoms with Crippen molar-refractivity contribution in [3.63, 3.8) is 0 Å². The molecule has 1 atom stereocenters. The highest BCUT2D eigenvalue weighted by molar-refractivity contribution is 5.46. The van der Waals surface area contributed by atoms with E-state index in [1.807, 2.05) is 30.3 Å². The minimum atomic E-state index is -0.397. The van der Waals surface area contributed by atoms with Crippen molar-refractivity contribution in [1.29, 1.82) is 0 Å². The average Bonchev–Trinajstić information content (AvgIpc) is 2.53. The maximum Gasteiger partial charge on any atom is 0.161 e. The number of pyridine rings is 1. The highest BCUT2D eigenvalue weighted by Crippen LogP contribution is 2.32. The zero-order valence-corrected chi connectivity index (χ0v) is 11.8. The van der Waals surface area contributed by atoms with Crippen LogP contribution in [0.1, 0.15) is 17.3 Å². The molecule has 0 amide bonds. The van der Waals surface area contributed by atoms with Crippen LogP contribution in [0.2, 0.25) is 0 Å². The number of rotatable bonds is 5. The van der Waals surface area contributed by atoms with Gasteiger partial charge in [-0.1, -0.05) is 6.07 Å². The lowest BCUT2D eigenvalue weighted by atomic mass is 10.0. The van der Waals surface area contributed by atoms with E-state index in [1.165, 1.54) is 0 Å². The molecule has 0 aliphatic heterocycles. The summed E-state index contributed by atoms with van der Waals surface area (Å²) in [6, 6.07) is 8.80. The maximum atomic E-state index is 6.27. The molecule has 0 radical (unpaired) electrons. The third-order valence-corrected chi connectivity index (χ3v) is 3.08. The van der Waals surface area contributed by atoms with Gasteiger partial charge < -0.3 is 19.9 Å². The van der Waals surface area contributed by atoms with Crippen LogP contribution < -0.4 is 19.9 Å². The minimum absolute atomic E-state index is 0.397. The third-order valence-electron chi connectivity index (χ3n) is 3.08. The Morgan fingerprint density at radius 1 is 0.950 bits per heavy atom. The second kappa shape index (κ2) is 6.25. The largest absolute Gasteiger partial charge is 0.495 e. The number of aromatic nitrogens is 1. The van der Waals surface area contributed by atoms with Gasteiger partial charge in [0.05, 0.1) is 27.4 Å². The molecule has 0 aliphatic rings. The van der Waals surface area contributed by atoms with Gasteiger partial charge in [0.15, 0.2) is 11.5 Å². The van der Waals surface area contributed by atoms with E-state index < -0.39 is 6.04 Å². The van der Waals surface area contributed by atoms with Gasteiger partial charge in [-0.05, 0) is 29.8 Å². The van der Waals surface area contributed by atoms with Gasteiger partial charge in [-0.15, -0.1) is 0 Å². The van der Waals surface area contributed by atoms with Gasteiger partial charge in [0.1, 0.15) is 11.4 Å². The van der Waals surface area contributed by atoms with Crippen LogP contribution in [-0.2, 0) is 0 Å². The van der Waals surface area contributed by atoms with Gasteiger partial charge in [0.2, 0.25) is 0 Å². The van der Waals surface area contributed by atoms with Crippen molar-refractivity contribution in [2.24, 2.45) is 5.73 Å². The fourth-order valence-corrected chi connectivity index (χ4v) is 2.01. The van der Waals surface area contributed by atoms with Crippen LogP contribution in [0.25, 0.3) is 0 Å². The van der Waals surface area contributed by atoms with Crippen LogP contribution in [0.5, 0.6) is 17.2 Å². The van der Waals surface area contributed by atoms with Crippen molar-refractivity contribution in [2.75, 3.05) is 21.3 Å². The number of ether oxygens (including phenoxy) is 3.